The average Bonchev–Trinajstić information content (AvgIpc) is 3.12. The number of aromatic nitrogens is 2. The molecular formula is C15H18FN3. The van der Waals surface area contributed by atoms with Crippen molar-refractivity contribution >= 4 is 0 Å². The third-order valence-electron chi connectivity index (χ3n) is 3.52. The molecule has 0 radical (unpaired) electrons. The van der Waals surface area contributed by atoms with Crippen LogP contribution in [0.1, 0.15) is 25.3 Å². The molecule has 1 aromatic carbocycles. The molecule has 3 rings (SSSR count). The molecule has 2 aromatic rings. The summed E-state index contributed by atoms with van der Waals surface area (Å²) in [7, 11) is 0. The van der Waals surface area contributed by atoms with E-state index in [9.17, 15) is 4.39 Å². The molecule has 1 heterocycles. The average molecular weight is 259 g/mol. The standard InChI is InChI=1S/C15H18FN3/c1-2-19-15(7-8-18-19)11-3-4-12(14(16)9-11)10-17-13-5-6-13/h3-4,7-9,13,17H,2,5-6,10H2,1H3. The van der Waals surface area contributed by atoms with Crippen LogP contribution in [0.3, 0.4) is 0 Å². The highest BCUT2D eigenvalue weighted by molar-refractivity contribution is 5.59. The van der Waals surface area contributed by atoms with Crippen molar-refractivity contribution in [2.75, 3.05) is 0 Å². The van der Waals surface area contributed by atoms with E-state index < -0.39 is 0 Å². The summed E-state index contributed by atoms with van der Waals surface area (Å²) in [4.78, 5) is 0. The molecule has 0 aliphatic heterocycles. The van der Waals surface area contributed by atoms with Gasteiger partial charge < -0.3 is 5.32 Å². The van der Waals surface area contributed by atoms with Gasteiger partial charge in [-0.25, -0.2) is 4.39 Å². The third kappa shape index (κ3) is 2.68. The van der Waals surface area contributed by atoms with E-state index in [0.29, 0.717) is 12.6 Å². The van der Waals surface area contributed by atoms with Crippen LogP contribution in [0.5, 0.6) is 0 Å². The Kier molecular flexibility index (Phi) is 3.34. The Labute approximate surface area is 112 Å². The third-order valence-corrected chi connectivity index (χ3v) is 3.52. The van der Waals surface area contributed by atoms with Gasteiger partial charge in [0.1, 0.15) is 5.82 Å². The molecule has 4 heteroatoms. The minimum Gasteiger partial charge on any atom is -0.310 e. The van der Waals surface area contributed by atoms with Crippen LogP contribution in [0.4, 0.5) is 4.39 Å². The molecule has 19 heavy (non-hydrogen) atoms. The molecule has 1 saturated carbocycles. The molecule has 1 aromatic heterocycles. The number of hydrogen-bond acceptors (Lipinski definition) is 2. The van der Waals surface area contributed by atoms with E-state index in [2.05, 4.69) is 10.4 Å². The van der Waals surface area contributed by atoms with E-state index in [1.54, 1.807) is 12.3 Å². The van der Waals surface area contributed by atoms with Crippen LogP contribution in [-0.4, -0.2) is 15.8 Å². The van der Waals surface area contributed by atoms with Crippen LogP contribution >= 0.6 is 0 Å². The van der Waals surface area contributed by atoms with Crippen molar-refractivity contribution in [2.24, 2.45) is 0 Å². The summed E-state index contributed by atoms with van der Waals surface area (Å²) in [5.41, 5.74) is 2.58. The van der Waals surface area contributed by atoms with E-state index in [-0.39, 0.29) is 5.82 Å². The summed E-state index contributed by atoms with van der Waals surface area (Å²) in [6.07, 6.45) is 4.18. The number of benzene rings is 1. The lowest BCUT2D eigenvalue weighted by atomic mass is 10.1. The number of hydrogen-bond donors (Lipinski definition) is 1. The maximum atomic E-state index is 14.1. The molecule has 3 nitrogen and oxygen atoms in total. The second kappa shape index (κ2) is 5.13. The number of nitrogens with one attached hydrogen (secondary N) is 1. The van der Waals surface area contributed by atoms with Crippen LogP contribution in [0, 0.1) is 5.82 Å². The molecular weight excluding hydrogens is 241 g/mol. The molecule has 1 aliphatic carbocycles. The fourth-order valence-electron chi connectivity index (χ4n) is 2.22. The Balaban J connectivity index is 1.81. The zero-order valence-electron chi connectivity index (χ0n) is 11.1. The fourth-order valence-corrected chi connectivity index (χ4v) is 2.22. The fraction of sp³-hybridized carbons (Fsp3) is 0.400. The monoisotopic (exact) mass is 259 g/mol. The molecule has 0 spiro atoms. The van der Waals surface area contributed by atoms with Gasteiger partial charge in [0.05, 0.1) is 5.69 Å². The number of aryl methyl sites for hydroxylation is 1. The predicted molar refractivity (Wildman–Crippen MR) is 73.2 cm³/mol. The molecule has 1 N–H and O–H groups in total. The molecule has 0 atom stereocenters. The summed E-state index contributed by atoms with van der Waals surface area (Å²) in [5, 5.41) is 7.55. The summed E-state index contributed by atoms with van der Waals surface area (Å²) >= 11 is 0. The van der Waals surface area contributed by atoms with Crippen LogP contribution in [0.2, 0.25) is 0 Å². The number of nitrogens with zero attached hydrogens (tertiary/aromatic N) is 2. The second-order valence-corrected chi connectivity index (χ2v) is 4.99. The zero-order chi connectivity index (χ0) is 13.2. The molecule has 0 amide bonds. The predicted octanol–water partition coefficient (Wildman–Crippen LogP) is 2.96. The minimum atomic E-state index is -0.144. The van der Waals surface area contributed by atoms with Crippen molar-refractivity contribution < 1.29 is 4.39 Å². The van der Waals surface area contributed by atoms with Gasteiger partial charge in [0.25, 0.3) is 0 Å². The highest BCUT2D eigenvalue weighted by atomic mass is 19.1. The van der Waals surface area contributed by atoms with Crippen LogP contribution in [-0.2, 0) is 13.1 Å². The van der Waals surface area contributed by atoms with Gasteiger partial charge in [0, 0.05) is 36.5 Å². The van der Waals surface area contributed by atoms with Gasteiger partial charge >= 0.3 is 0 Å². The van der Waals surface area contributed by atoms with Gasteiger partial charge in [-0.2, -0.15) is 5.10 Å². The van der Waals surface area contributed by atoms with Crippen LogP contribution in [0.25, 0.3) is 11.3 Å². The molecule has 1 fully saturated rings. The Hall–Kier alpha value is -1.68. The Morgan fingerprint density at radius 2 is 2.21 bits per heavy atom. The van der Waals surface area contributed by atoms with E-state index in [0.717, 1.165) is 23.4 Å². The highest BCUT2D eigenvalue weighted by Gasteiger charge is 2.20. The molecule has 100 valence electrons. The lowest BCUT2D eigenvalue weighted by Crippen LogP contribution is -2.16. The first-order valence-corrected chi connectivity index (χ1v) is 6.82. The van der Waals surface area contributed by atoms with Crippen molar-refractivity contribution in [3.63, 3.8) is 0 Å². The van der Waals surface area contributed by atoms with Gasteiger partial charge in [-0.05, 0) is 31.9 Å². The second-order valence-electron chi connectivity index (χ2n) is 4.99. The Morgan fingerprint density at radius 3 is 2.89 bits per heavy atom. The van der Waals surface area contributed by atoms with Gasteiger partial charge in [-0.15, -0.1) is 0 Å². The first kappa shape index (κ1) is 12.4. The van der Waals surface area contributed by atoms with Crippen molar-refractivity contribution in [2.45, 2.75) is 38.9 Å². The van der Waals surface area contributed by atoms with Gasteiger partial charge in [-0.3, -0.25) is 4.68 Å². The van der Waals surface area contributed by atoms with Gasteiger partial charge in [0.15, 0.2) is 0 Å². The SMILES string of the molecule is CCn1nccc1-c1ccc(CNC2CC2)c(F)c1. The van der Waals surface area contributed by atoms with Gasteiger partial charge in [-0.1, -0.05) is 12.1 Å². The first-order valence-electron chi connectivity index (χ1n) is 6.82. The summed E-state index contributed by atoms with van der Waals surface area (Å²) in [6.45, 7) is 3.43. The van der Waals surface area contributed by atoms with Gasteiger partial charge in [0.2, 0.25) is 0 Å². The highest BCUT2D eigenvalue weighted by Crippen LogP contribution is 2.23. The topological polar surface area (TPSA) is 29.9 Å². The van der Waals surface area contributed by atoms with E-state index >= 15 is 0 Å². The van der Waals surface area contributed by atoms with Crippen molar-refractivity contribution in [3.8, 4) is 11.3 Å². The Bertz CT molecular complexity index is 573. The van der Waals surface area contributed by atoms with Crippen LogP contribution in [0.15, 0.2) is 30.5 Å². The first-order chi connectivity index (χ1) is 9.28. The van der Waals surface area contributed by atoms with E-state index in [4.69, 9.17) is 0 Å². The van der Waals surface area contributed by atoms with E-state index in [1.165, 1.54) is 12.8 Å². The smallest absolute Gasteiger partial charge is 0.128 e. The molecule has 0 bridgehead atoms. The molecule has 0 unspecified atom stereocenters. The maximum absolute atomic E-state index is 14.1. The quantitative estimate of drug-likeness (QED) is 0.894. The summed E-state index contributed by atoms with van der Waals surface area (Å²) in [6, 6.07) is 7.96. The number of halogens is 1. The van der Waals surface area contributed by atoms with Crippen LogP contribution < -0.4 is 5.32 Å². The molecule has 0 saturated heterocycles. The lowest BCUT2D eigenvalue weighted by molar-refractivity contribution is 0.587. The largest absolute Gasteiger partial charge is 0.310 e. The lowest BCUT2D eigenvalue weighted by Gasteiger charge is -2.08. The zero-order valence-corrected chi connectivity index (χ0v) is 11.1. The Morgan fingerprint density at radius 1 is 1.37 bits per heavy atom. The minimum absolute atomic E-state index is 0.144. The van der Waals surface area contributed by atoms with Crippen molar-refractivity contribution in [1.82, 2.24) is 15.1 Å². The summed E-state index contributed by atoms with van der Waals surface area (Å²) < 4.78 is 16.0. The number of rotatable bonds is 5. The van der Waals surface area contributed by atoms with E-state index in [1.807, 2.05) is 29.8 Å². The normalized spacial score (nSPS) is 14.8. The van der Waals surface area contributed by atoms with Crippen molar-refractivity contribution in [1.29, 1.82) is 0 Å². The summed E-state index contributed by atoms with van der Waals surface area (Å²) in [5.74, 6) is -0.144. The maximum Gasteiger partial charge on any atom is 0.128 e. The van der Waals surface area contributed by atoms with Crippen molar-refractivity contribution in [3.05, 3.63) is 41.8 Å². The molecule has 1 aliphatic rings.